The van der Waals surface area contributed by atoms with Gasteiger partial charge >= 0.3 is 0 Å². The molecule has 0 fully saturated rings. The zero-order valence-corrected chi connectivity index (χ0v) is 9.65. The average Bonchev–Trinajstić information content (AvgIpc) is 2.25. The Bertz CT molecular complexity index is 330. The van der Waals surface area contributed by atoms with Crippen LogP contribution < -0.4 is 5.32 Å². The highest BCUT2D eigenvalue weighted by Gasteiger charge is 2.07. The lowest BCUT2D eigenvalue weighted by atomic mass is 10.3. The van der Waals surface area contributed by atoms with Gasteiger partial charge in [-0.2, -0.15) is 0 Å². The summed E-state index contributed by atoms with van der Waals surface area (Å²) in [5.41, 5.74) is 0. The Balaban J connectivity index is 2.44. The largest absolute Gasteiger partial charge is 0.316 e. The lowest BCUT2D eigenvalue weighted by Gasteiger charge is -2.04. The molecule has 0 aliphatic rings. The molecule has 1 aromatic rings. The number of benzene rings is 1. The van der Waals surface area contributed by atoms with Gasteiger partial charge in [-0.1, -0.05) is 19.1 Å². The summed E-state index contributed by atoms with van der Waals surface area (Å²) in [5.74, 6) is 0.0762. The highest BCUT2D eigenvalue weighted by Crippen LogP contribution is 2.10. The molecule has 0 amide bonds. The van der Waals surface area contributed by atoms with E-state index in [1.165, 1.54) is 6.07 Å². The second kappa shape index (κ2) is 6.69. The molecule has 15 heavy (non-hydrogen) atoms. The van der Waals surface area contributed by atoms with Crippen LogP contribution in [0, 0.1) is 5.82 Å². The number of nitrogens with one attached hydrogen (secondary N) is 1. The molecular formula is C11H16FNOS. The van der Waals surface area contributed by atoms with Gasteiger partial charge in [-0.15, -0.1) is 0 Å². The smallest absolute Gasteiger partial charge is 0.139 e. The van der Waals surface area contributed by atoms with Gasteiger partial charge in [0.2, 0.25) is 0 Å². The van der Waals surface area contributed by atoms with E-state index in [0.29, 0.717) is 17.2 Å². The normalized spacial score (nSPS) is 12.7. The third-order valence-electron chi connectivity index (χ3n) is 1.97. The van der Waals surface area contributed by atoms with Crippen molar-refractivity contribution in [3.63, 3.8) is 0 Å². The molecule has 0 aliphatic heterocycles. The SMILES string of the molecule is CCCNCCS(=O)c1ccccc1F. The fourth-order valence-corrected chi connectivity index (χ4v) is 2.27. The van der Waals surface area contributed by atoms with Gasteiger partial charge in [0.1, 0.15) is 5.82 Å². The van der Waals surface area contributed by atoms with Crippen LogP contribution in [-0.2, 0) is 10.8 Å². The van der Waals surface area contributed by atoms with E-state index < -0.39 is 10.8 Å². The zero-order chi connectivity index (χ0) is 11.1. The van der Waals surface area contributed by atoms with Crippen molar-refractivity contribution in [3.8, 4) is 0 Å². The molecule has 1 N–H and O–H groups in total. The molecule has 0 saturated carbocycles. The van der Waals surface area contributed by atoms with Gasteiger partial charge in [0.05, 0.1) is 15.7 Å². The maximum Gasteiger partial charge on any atom is 0.139 e. The number of hydrogen-bond acceptors (Lipinski definition) is 2. The first-order chi connectivity index (χ1) is 7.25. The predicted octanol–water partition coefficient (Wildman–Crippen LogP) is 1.93. The lowest BCUT2D eigenvalue weighted by molar-refractivity contribution is 0.594. The fraction of sp³-hybridized carbons (Fsp3) is 0.455. The monoisotopic (exact) mass is 229 g/mol. The third-order valence-corrected chi connectivity index (χ3v) is 3.37. The Kier molecular flexibility index (Phi) is 5.50. The van der Waals surface area contributed by atoms with Crippen LogP contribution in [0.25, 0.3) is 0 Å². The van der Waals surface area contributed by atoms with Crippen molar-refractivity contribution >= 4 is 10.8 Å². The molecule has 1 unspecified atom stereocenters. The van der Waals surface area contributed by atoms with Gasteiger partial charge in [-0.3, -0.25) is 4.21 Å². The molecule has 0 aromatic heterocycles. The molecule has 2 nitrogen and oxygen atoms in total. The van der Waals surface area contributed by atoms with Crippen LogP contribution in [0.3, 0.4) is 0 Å². The van der Waals surface area contributed by atoms with Crippen molar-refractivity contribution in [2.24, 2.45) is 0 Å². The van der Waals surface area contributed by atoms with Crippen LogP contribution in [0.1, 0.15) is 13.3 Å². The molecule has 0 spiro atoms. The Morgan fingerprint density at radius 3 is 2.73 bits per heavy atom. The summed E-state index contributed by atoms with van der Waals surface area (Å²) >= 11 is 0. The van der Waals surface area contributed by atoms with E-state index in [4.69, 9.17) is 0 Å². The second-order valence-electron chi connectivity index (χ2n) is 3.23. The van der Waals surface area contributed by atoms with Gasteiger partial charge in [-0.05, 0) is 25.1 Å². The van der Waals surface area contributed by atoms with Crippen molar-refractivity contribution in [2.75, 3.05) is 18.8 Å². The summed E-state index contributed by atoms with van der Waals surface area (Å²) in [6, 6.07) is 6.22. The van der Waals surface area contributed by atoms with E-state index in [1.54, 1.807) is 18.2 Å². The third kappa shape index (κ3) is 4.10. The van der Waals surface area contributed by atoms with Gasteiger partial charge in [0.15, 0.2) is 0 Å². The fourth-order valence-electron chi connectivity index (χ4n) is 1.21. The molecule has 84 valence electrons. The van der Waals surface area contributed by atoms with E-state index in [9.17, 15) is 8.60 Å². The first-order valence-electron chi connectivity index (χ1n) is 5.09. The molecule has 0 saturated heterocycles. The summed E-state index contributed by atoms with van der Waals surface area (Å²) < 4.78 is 24.9. The Morgan fingerprint density at radius 1 is 1.33 bits per heavy atom. The van der Waals surface area contributed by atoms with Crippen molar-refractivity contribution < 1.29 is 8.60 Å². The second-order valence-corrected chi connectivity index (χ2v) is 4.77. The maximum absolute atomic E-state index is 13.2. The summed E-state index contributed by atoms with van der Waals surface area (Å²) in [5, 5.41) is 3.14. The highest BCUT2D eigenvalue weighted by molar-refractivity contribution is 7.85. The van der Waals surface area contributed by atoms with E-state index in [1.807, 2.05) is 0 Å². The van der Waals surface area contributed by atoms with E-state index in [2.05, 4.69) is 12.2 Å². The summed E-state index contributed by atoms with van der Waals surface area (Å²) in [6.45, 7) is 3.64. The van der Waals surface area contributed by atoms with Gasteiger partial charge < -0.3 is 5.32 Å². The van der Waals surface area contributed by atoms with E-state index >= 15 is 0 Å². The Hall–Kier alpha value is -0.740. The van der Waals surface area contributed by atoms with Crippen LogP contribution >= 0.6 is 0 Å². The van der Waals surface area contributed by atoms with Crippen molar-refractivity contribution in [3.05, 3.63) is 30.1 Å². The number of halogens is 1. The number of hydrogen-bond donors (Lipinski definition) is 1. The van der Waals surface area contributed by atoms with Crippen molar-refractivity contribution in [2.45, 2.75) is 18.2 Å². The van der Waals surface area contributed by atoms with Crippen LogP contribution in [0.15, 0.2) is 29.2 Å². The molecular weight excluding hydrogens is 213 g/mol. The van der Waals surface area contributed by atoms with Gasteiger partial charge in [-0.25, -0.2) is 4.39 Å². The Labute approximate surface area is 92.3 Å². The first-order valence-corrected chi connectivity index (χ1v) is 6.41. The van der Waals surface area contributed by atoms with Crippen LogP contribution in [0.4, 0.5) is 4.39 Å². The summed E-state index contributed by atoms with van der Waals surface area (Å²) in [6.07, 6.45) is 1.05. The van der Waals surface area contributed by atoms with Crippen LogP contribution in [0.5, 0.6) is 0 Å². The van der Waals surface area contributed by atoms with Crippen molar-refractivity contribution in [1.82, 2.24) is 5.32 Å². The maximum atomic E-state index is 13.2. The minimum atomic E-state index is -1.24. The molecule has 0 radical (unpaired) electrons. The summed E-state index contributed by atoms with van der Waals surface area (Å²) in [7, 11) is -1.24. The lowest BCUT2D eigenvalue weighted by Crippen LogP contribution is -2.21. The minimum absolute atomic E-state index is 0.302. The molecule has 0 heterocycles. The van der Waals surface area contributed by atoms with Crippen LogP contribution in [0.2, 0.25) is 0 Å². The van der Waals surface area contributed by atoms with Gasteiger partial charge in [0, 0.05) is 12.3 Å². The van der Waals surface area contributed by atoms with E-state index in [-0.39, 0.29) is 5.82 Å². The molecule has 0 aliphatic carbocycles. The van der Waals surface area contributed by atoms with Crippen LogP contribution in [-0.4, -0.2) is 23.1 Å². The molecule has 0 bridgehead atoms. The summed E-state index contributed by atoms with van der Waals surface area (Å²) in [4.78, 5) is 0.302. The quantitative estimate of drug-likeness (QED) is 0.755. The topological polar surface area (TPSA) is 29.1 Å². The predicted molar refractivity (Wildman–Crippen MR) is 60.8 cm³/mol. The standard InChI is InChI=1S/C11H16FNOS/c1-2-7-13-8-9-15(14)11-6-4-3-5-10(11)12/h3-6,13H,2,7-9H2,1H3. The zero-order valence-electron chi connectivity index (χ0n) is 8.83. The first kappa shape index (κ1) is 12.3. The number of rotatable bonds is 6. The molecule has 1 atom stereocenters. The van der Waals surface area contributed by atoms with E-state index in [0.717, 1.165) is 13.0 Å². The molecule has 4 heteroatoms. The highest BCUT2D eigenvalue weighted by atomic mass is 32.2. The molecule has 1 rings (SSSR count). The Morgan fingerprint density at radius 2 is 2.07 bits per heavy atom. The van der Waals surface area contributed by atoms with Crippen molar-refractivity contribution in [1.29, 1.82) is 0 Å². The average molecular weight is 229 g/mol. The minimum Gasteiger partial charge on any atom is -0.316 e. The van der Waals surface area contributed by atoms with Gasteiger partial charge in [0.25, 0.3) is 0 Å². The molecule has 1 aromatic carbocycles.